The van der Waals surface area contributed by atoms with Crippen LogP contribution in [0, 0.1) is 0 Å². The van der Waals surface area contributed by atoms with Crippen LogP contribution in [0.4, 0.5) is 0 Å². The normalized spacial score (nSPS) is 11.1. The molecule has 0 aromatic heterocycles. The zero-order valence-electron chi connectivity index (χ0n) is 12.1. The molecule has 2 rings (SSSR count). The summed E-state index contributed by atoms with van der Waals surface area (Å²) in [5.41, 5.74) is 3.79. The Morgan fingerprint density at radius 1 is 1.23 bits per heavy atom. The van der Waals surface area contributed by atoms with Crippen LogP contribution in [0.5, 0.6) is 11.5 Å². The summed E-state index contributed by atoms with van der Waals surface area (Å²) in [5, 5.41) is 14.1. The van der Waals surface area contributed by atoms with Crippen molar-refractivity contribution < 1.29 is 14.6 Å². The molecule has 2 N–H and O–H groups in total. The van der Waals surface area contributed by atoms with Crippen LogP contribution < -0.4 is 10.2 Å². The minimum atomic E-state index is -0.358. The molecule has 5 nitrogen and oxygen atoms in total. The Balaban J connectivity index is 2.12. The number of aromatic hydroxyl groups is 1. The zero-order chi connectivity index (χ0) is 16.1. The summed E-state index contributed by atoms with van der Waals surface area (Å²) in [6.07, 6.45) is 0. The number of para-hydroxylation sites is 1. The number of rotatable bonds is 4. The number of benzene rings is 2. The lowest BCUT2D eigenvalue weighted by molar-refractivity contribution is 0.0955. The topological polar surface area (TPSA) is 70.9 Å². The maximum atomic E-state index is 12.0. The number of nitrogens with zero attached hydrogens (tertiary/aromatic N) is 1. The van der Waals surface area contributed by atoms with Crippen molar-refractivity contribution >= 4 is 23.2 Å². The second kappa shape index (κ2) is 6.95. The fourth-order valence-corrected chi connectivity index (χ4v) is 1.98. The van der Waals surface area contributed by atoms with E-state index in [2.05, 4.69) is 10.5 Å². The molecular formula is C16H15ClN2O3. The molecule has 0 unspecified atom stereocenters. The van der Waals surface area contributed by atoms with E-state index in [1.54, 1.807) is 56.5 Å². The predicted octanol–water partition coefficient (Wildman–Crippen LogP) is 3.21. The third-order valence-electron chi connectivity index (χ3n) is 3.05. The highest BCUT2D eigenvalue weighted by Gasteiger charge is 2.09. The molecule has 2 aromatic carbocycles. The van der Waals surface area contributed by atoms with Gasteiger partial charge >= 0.3 is 0 Å². The number of hydrogen-bond donors (Lipinski definition) is 2. The maximum Gasteiger partial charge on any atom is 0.271 e. The van der Waals surface area contributed by atoms with Gasteiger partial charge in [0.05, 0.1) is 17.8 Å². The molecule has 0 spiro atoms. The summed E-state index contributed by atoms with van der Waals surface area (Å²) >= 11 is 5.84. The highest BCUT2D eigenvalue weighted by molar-refractivity contribution is 6.32. The quantitative estimate of drug-likeness (QED) is 0.671. The van der Waals surface area contributed by atoms with E-state index in [1.807, 2.05) is 0 Å². The number of carbonyl (C=O) groups excluding carboxylic acids is 1. The smallest absolute Gasteiger partial charge is 0.271 e. The van der Waals surface area contributed by atoms with E-state index in [-0.39, 0.29) is 16.7 Å². The Kier molecular flexibility index (Phi) is 5.01. The largest absolute Gasteiger partial charge is 0.506 e. The van der Waals surface area contributed by atoms with Crippen LogP contribution in [0.2, 0.25) is 5.02 Å². The monoisotopic (exact) mass is 318 g/mol. The molecule has 0 saturated heterocycles. The van der Waals surface area contributed by atoms with Crippen LogP contribution in [0.3, 0.4) is 0 Å². The molecule has 2 aromatic rings. The Morgan fingerprint density at radius 2 is 1.91 bits per heavy atom. The summed E-state index contributed by atoms with van der Waals surface area (Å²) in [6, 6.07) is 11.6. The number of ether oxygens (including phenoxy) is 1. The highest BCUT2D eigenvalue weighted by atomic mass is 35.5. The Hall–Kier alpha value is -2.53. The molecule has 0 aliphatic rings. The first kappa shape index (κ1) is 15.9. The van der Waals surface area contributed by atoms with Crippen molar-refractivity contribution in [2.45, 2.75) is 6.92 Å². The Bertz CT molecular complexity index is 712. The number of hydrogen-bond acceptors (Lipinski definition) is 4. The van der Waals surface area contributed by atoms with Crippen molar-refractivity contribution in [3.63, 3.8) is 0 Å². The number of nitrogens with one attached hydrogen (secondary N) is 1. The molecule has 0 fully saturated rings. The van der Waals surface area contributed by atoms with Crippen LogP contribution in [-0.2, 0) is 0 Å². The summed E-state index contributed by atoms with van der Waals surface area (Å²) in [7, 11) is 1.56. The molecule has 0 heterocycles. The van der Waals surface area contributed by atoms with Crippen molar-refractivity contribution in [1.29, 1.82) is 0 Å². The maximum absolute atomic E-state index is 12.0. The third-order valence-corrected chi connectivity index (χ3v) is 3.36. The van der Waals surface area contributed by atoms with Gasteiger partial charge in [-0.25, -0.2) is 5.43 Å². The van der Waals surface area contributed by atoms with Gasteiger partial charge in [0.2, 0.25) is 0 Å². The van der Waals surface area contributed by atoms with Gasteiger partial charge < -0.3 is 9.84 Å². The Labute approximate surface area is 133 Å². The summed E-state index contributed by atoms with van der Waals surface area (Å²) < 4.78 is 5.03. The highest BCUT2D eigenvalue weighted by Crippen LogP contribution is 2.27. The molecule has 0 aliphatic heterocycles. The molecule has 0 bridgehead atoms. The molecule has 0 radical (unpaired) electrons. The van der Waals surface area contributed by atoms with Crippen molar-refractivity contribution in [3.8, 4) is 11.5 Å². The van der Waals surface area contributed by atoms with Crippen molar-refractivity contribution in [3.05, 3.63) is 58.6 Å². The van der Waals surface area contributed by atoms with Gasteiger partial charge in [-0.05, 0) is 43.3 Å². The van der Waals surface area contributed by atoms with Crippen molar-refractivity contribution in [1.82, 2.24) is 5.43 Å². The number of amides is 1. The molecular weight excluding hydrogens is 304 g/mol. The van der Waals surface area contributed by atoms with Gasteiger partial charge in [0, 0.05) is 11.1 Å². The molecule has 0 saturated carbocycles. The minimum Gasteiger partial charge on any atom is -0.506 e. The fourth-order valence-electron chi connectivity index (χ4n) is 1.81. The van der Waals surface area contributed by atoms with Gasteiger partial charge in [-0.2, -0.15) is 5.10 Å². The molecule has 22 heavy (non-hydrogen) atoms. The summed E-state index contributed by atoms with van der Waals surface area (Å²) in [5.74, 6) is 0.243. The average molecular weight is 319 g/mol. The van der Waals surface area contributed by atoms with Crippen molar-refractivity contribution in [2.24, 2.45) is 5.10 Å². The van der Waals surface area contributed by atoms with Crippen LogP contribution in [0.25, 0.3) is 0 Å². The molecule has 6 heteroatoms. The van der Waals surface area contributed by atoms with Crippen LogP contribution >= 0.6 is 11.6 Å². The number of methoxy groups -OCH3 is 1. The van der Waals surface area contributed by atoms with E-state index in [4.69, 9.17) is 16.3 Å². The number of phenolic OH excluding ortho intramolecular Hbond substituents is 1. The lowest BCUT2D eigenvalue weighted by Crippen LogP contribution is -2.19. The minimum absolute atomic E-state index is 0.0656. The number of halogens is 1. The second-order valence-corrected chi connectivity index (χ2v) is 4.91. The average Bonchev–Trinajstić information content (AvgIpc) is 2.55. The third kappa shape index (κ3) is 3.56. The predicted molar refractivity (Wildman–Crippen MR) is 85.8 cm³/mol. The number of hydrazone groups is 1. The first-order valence-corrected chi connectivity index (χ1v) is 6.87. The van der Waals surface area contributed by atoms with E-state index in [1.165, 1.54) is 0 Å². The molecule has 1 amide bonds. The Morgan fingerprint density at radius 3 is 2.55 bits per heavy atom. The van der Waals surface area contributed by atoms with E-state index < -0.39 is 0 Å². The van der Waals surface area contributed by atoms with E-state index in [0.29, 0.717) is 22.6 Å². The van der Waals surface area contributed by atoms with Gasteiger partial charge in [-0.3, -0.25) is 4.79 Å². The first-order valence-electron chi connectivity index (χ1n) is 6.49. The zero-order valence-corrected chi connectivity index (χ0v) is 12.9. The van der Waals surface area contributed by atoms with Gasteiger partial charge in [-0.1, -0.05) is 17.7 Å². The number of phenols is 1. The lowest BCUT2D eigenvalue weighted by Gasteiger charge is -2.06. The molecule has 114 valence electrons. The molecule has 0 aliphatic carbocycles. The second-order valence-electron chi connectivity index (χ2n) is 4.50. The number of carbonyl (C=O) groups is 1. The van der Waals surface area contributed by atoms with Crippen LogP contribution in [0.15, 0.2) is 47.6 Å². The fraction of sp³-hybridized carbons (Fsp3) is 0.125. The molecule has 0 atom stereocenters. The van der Waals surface area contributed by atoms with Gasteiger partial charge in [-0.15, -0.1) is 0 Å². The lowest BCUT2D eigenvalue weighted by atomic mass is 10.1. The van der Waals surface area contributed by atoms with Crippen LogP contribution in [-0.4, -0.2) is 23.8 Å². The standard InChI is InChI=1S/C16H15ClN2O3/c1-10(13-4-3-5-14(17)15(13)20)18-19-16(21)11-6-8-12(22-2)9-7-11/h3-9,20H,1-2H3,(H,19,21)/b18-10+. The summed E-state index contributed by atoms with van der Waals surface area (Å²) in [6.45, 7) is 1.67. The van der Waals surface area contributed by atoms with Crippen LogP contribution in [0.1, 0.15) is 22.8 Å². The van der Waals surface area contributed by atoms with Gasteiger partial charge in [0.25, 0.3) is 5.91 Å². The van der Waals surface area contributed by atoms with E-state index >= 15 is 0 Å². The summed E-state index contributed by atoms with van der Waals surface area (Å²) in [4.78, 5) is 12.0. The first-order chi connectivity index (χ1) is 10.5. The van der Waals surface area contributed by atoms with Crippen molar-refractivity contribution in [2.75, 3.05) is 7.11 Å². The van der Waals surface area contributed by atoms with Gasteiger partial charge in [0.15, 0.2) is 0 Å². The van der Waals surface area contributed by atoms with E-state index in [9.17, 15) is 9.90 Å². The van der Waals surface area contributed by atoms with E-state index in [0.717, 1.165) is 0 Å². The SMILES string of the molecule is COc1ccc(C(=O)N/N=C(\C)c2cccc(Cl)c2O)cc1. The van der Waals surface area contributed by atoms with Gasteiger partial charge in [0.1, 0.15) is 11.5 Å².